The van der Waals surface area contributed by atoms with Crippen LogP contribution in [0.4, 0.5) is 0 Å². The van der Waals surface area contributed by atoms with E-state index in [1.54, 1.807) is 0 Å². The Morgan fingerprint density at radius 1 is 1.40 bits per heavy atom. The van der Waals surface area contributed by atoms with Gasteiger partial charge in [-0.25, -0.2) is 0 Å². The molecule has 60 valence electrons. The van der Waals surface area contributed by atoms with Crippen LogP contribution in [-0.4, -0.2) is 11.2 Å². The summed E-state index contributed by atoms with van der Waals surface area (Å²) in [5, 5.41) is 9.48. The average Bonchev–Trinajstić information content (AvgIpc) is 1.95. The lowest BCUT2D eigenvalue weighted by molar-refractivity contribution is 0.0524. The van der Waals surface area contributed by atoms with Gasteiger partial charge in [0.2, 0.25) is 0 Å². The summed E-state index contributed by atoms with van der Waals surface area (Å²) in [5.74, 6) is 1.34. The third kappa shape index (κ3) is 1.72. The van der Waals surface area contributed by atoms with Crippen LogP contribution in [0.25, 0.3) is 0 Å². The summed E-state index contributed by atoms with van der Waals surface area (Å²) in [6.07, 6.45) is 4.81. The van der Waals surface area contributed by atoms with Gasteiger partial charge in [0.15, 0.2) is 0 Å². The molecular weight excluding hydrogens is 124 g/mol. The third-order valence-corrected chi connectivity index (χ3v) is 2.84. The van der Waals surface area contributed by atoms with Crippen molar-refractivity contribution in [1.29, 1.82) is 0 Å². The molecule has 1 rings (SSSR count). The number of hydrogen-bond acceptors (Lipinski definition) is 1. The van der Waals surface area contributed by atoms with Gasteiger partial charge >= 0.3 is 0 Å². The normalized spacial score (nSPS) is 41.7. The van der Waals surface area contributed by atoms with Crippen LogP contribution in [0, 0.1) is 11.8 Å². The minimum atomic E-state index is -0.0151. The van der Waals surface area contributed by atoms with E-state index in [1.807, 2.05) is 0 Å². The fourth-order valence-corrected chi connectivity index (χ4v) is 1.75. The van der Waals surface area contributed by atoms with Crippen molar-refractivity contribution in [2.24, 2.45) is 11.8 Å². The molecule has 0 aromatic carbocycles. The van der Waals surface area contributed by atoms with Crippen LogP contribution >= 0.6 is 0 Å². The molecule has 2 unspecified atom stereocenters. The topological polar surface area (TPSA) is 20.2 Å². The highest BCUT2D eigenvalue weighted by atomic mass is 16.3. The fourth-order valence-electron chi connectivity index (χ4n) is 1.75. The summed E-state index contributed by atoms with van der Waals surface area (Å²) >= 11 is 0. The van der Waals surface area contributed by atoms with Crippen LogP contribution in [0.1, 0.15) is 39.5 Å². The Balaban J connectivity index is 2.33. The van der Waals surface area contributed by atoms with Crippen molar-refractivity contribution in [3.05, 3.63) is 0 Å². The van der Waals surface area contributed by atoms with E-state index < -0.39 is 0 Å². The molecule has 1 nitrogen and oxygen atoms in total. The van der Waals surface area contributed by atoms with Crippen molar-refractivity contribution >= 4 is 0 Å². The molecule has 0 radical (unpaired) electrons. The molecule has 10 heavy (non-hydrogen) atoms. The van der Waals surface area contributed by atoms with Gasteiger partial charge in [0.05, 0.1) is 6.10 Å². The van der Waals surface area contributed by atoms with Crippen molar-refractivity contribution in [1.82, 2.24) is 0 Å². The number of hydrogen-bond donors (Lipinski definition) is 1. The maximum Gasteiger partial charge on any atom is 0.0568 e. The second-order valence-corrected chi connectivity index (χ2v) is 3.63. The zero-order chi connectivity index (χ0) is 7.56. The van der Waals surface area contributed by atoms with Crippen LogP contribution in [0.3, 0.4) is 0 Å². The van der Waals surface area contributed by atoms with Gasteiger partial charge in [-0.15, -0.1) is 0 Å². The Morgan fingerprint density at radius 2 is 2.10 bits per heavy atom. The maximum atomic E-state index is 9.48. The van der Waals surface area contributed by atoms with Crippen molar-refractivity contribution in [3.63, 3.8) is 0 Å². The van der Waals surface area contributed by atoms with Gasteiger partial charge in [-0.05, 0) is 24.7 Å². The quantitative estimate of drug-likeness (QED) is 0.595. The predicted molar refractivity (Wildman–Crippen MR) is 42.8 cm³/mol. The fraction of sp³-hybridized carbons (Fsp3) is 1.00. The molecule has 1 saturated carbocycles. The molecule has 0 bridgehead atoms. The molecule has 0 spiro atoms. The van der Waals surface area contributed by atoms with Crippen LogP contribution < -0.4 is 0 Å². The molecule has 0 aromatic heterocycles. The van der Waals surface area contributed by atoms with Crippen molar-refractivity contribution in [2.45, 2.75) is 45.6 Å². The molecule has 0 saturated heterocycles. The van der Waals surface area contributed by atoms with Gasteiger partial charge in [0.1, 0.15) is 0 Å². The molecule has 0 aliphatic heterocycles. The summed E-state index contributed by atoms with van der Waals surface area (Å²) in [4.78, 5) is 0. The maximum absolute atomic E-state index is 9.48. The lowest BCUT2D eigenvalue weighted by Crippen LogP contribution is -2.26. The predicted octanol–water partition coefficient (Wildman–Crippen LogP) is 2.19. The standard InChI is InChI=1S/C9H18O/c1-3-8-5-4-7(2)9(10)6-8/h7-10H,3-6H2,1-2H3/t7-,8?,9?/m1/s1. The van der Waals surface area contributed by atoms with Crippen LogP contribution in [0.2, 0.25) is 0 Å². The Morgan fingerprint density at radius 3 is 2.60 bits per heavy atom. The summed E-state index contributed by atoms with van der Waals surface area (Å²) in [5.41, 5.74) is 0. The first kappa shape index (κ1) is 8.06. The number of rotatable bonds is 1. The monoisotopic (exact) mass is 142 g/mol. The van der Waals surface area contributed by atoms with E-state index in [1.165, 1.54) is 19.3 Å². The van der Waals surface area contributed by atoms with Gasteiger partial charge in [-0.2, -0.15) is 0 Å². The molecule has 1 fully saturated rings. The van der Waals surface area contributed by atoms with E-state index in [2.05, 4.69) is 13.8 Å². The molecule has 1 aliphatic rings. The summed E-state index contributed by atoms with van der Waals surface area (Å²) in [6, 6.07) is 0. The summed E-state index contributed by atoms with van der Waals surface area (Å²) in [6.45, 7) is 4.36. The van der Waals surface area contributed by atoms with Gasteiger partial charge in [-0.3, -0.25) is 0 Å². The van der Waals surface area contributed by atoms with Gasteiger partial charge in [0, 0.05) is 0 Å². The Bertz CT molecular complexity index is 101. The molecule has 3 atom stereocenters. The van der Waals surface area contributed by atoms with E-state index in [9.17, 15) is 5.11 Å². The molecule has 0 amide bonds. The van der Waals surface area contributed by atoms with Gasteiger partial charge < -0.3 is 5.11 Å². The van der Waals surface area contributed by atoms with Gasteiger partial charge in [0.25, 0.3) is 0 Å². The summed E-state index contributed by atoms with van der Waals surface area (Å²) in [7, 11) is 0. The lowest BCUT2D eigenvalue weighted by atomic mass is 9.80. The molecule has 1 aliphatic carbocycles. The minimum Gasteiger partial charge on any atom is -0.393 e. The molecule has 0 heterocycles. The van der Waals surface area contributed by atoms with Crippen molar-refractivity contribution in [2.75, 3.05) is 0 Å². The highest BCUT2D eigenvalue weighted by Crippen LogP contribution is 2.30. The first-order valence-corrected chi connectivity index (χ1v) is 4.42. The molecule has 0 aromatic rings. The minimum absolute atomic E-state index is 0.0151. The SMILES string of the molecule is CCC1CC[C@@H](C)C(O)C1. The zero-order valence-electron chi connectivity index (χ0n) is 7.01. The van der Waals surface area contributed by atoms with Gasteiger partial charge in [-0.1, -0.05) is 26.7 Å². The zero-order valence-corrected chi connectivity index (χ0v) is 7.01. The van der Waals surface area contributed by atoms with E-state index in [0.717, 1.165) is 12.3 Å². The first-order valence-electron chi connectivity index (χ1n) is 4.42. The Hall–Kier alpha value is -0.0400. The van der Waals surface area contributed by atoms with Crippen LogP contribution in [0.15, 0.2) is 0 Å². The summed E-state index contributed by atoms with van der Waals surface area (Å²) < 4.78 is 0. The molecule has 1 N–H and O–H groups in total. The number of aliphatic hydroxyl groups is 1. The second-order valence-electron chi connectivity index (χ2n) is 3.63. The molecular formula is C9H18O. The van der Waals surface area contributed by atoms with E-state index in [0.29, 0.717) is 5.92 Å². The smallest absolute Gasteiger partial charge is 0.0568 e. The van der Waals surface area contributed by atoms with Crippen molar-refractivity contribution < 1.29 is 5.11 Å². The van der Waals surface area contributed by atoms with E-state index >= 15 is 0 Å². The second kappa shape index (κ2) is 3.38. The van der Waals surface area contributed by atoms with Crippen LogP contribution in [-0.2, 0) is 0 Å². The van der Waals surface area contributed by atoms with E-state index in [-0.39, 0.29) is 6.10 Å². The largest absolute Gasteiger partial charge is 0.393 e. The Labute approximate surface area is 63.4 Å². The first-order chi connectivity index (χ1) is 4.74. The average molecular weight is 142 g/mol. The Kier molecular flexibility index (Phi) is 2.72. The highest BCUT2D eigenvalue weighted by molar-refractivity contribution is 4.76. The van der Waals surface area contributed by atoms with Crippen molar-refractivity contribution in [3.8, 4) is 0 Å². The highest BCUT2D eigenvalue weighted by Gasteiger charge is 2.24. The van der Waals surface area contributed by atoms with Crippen LogP contribution in [0.5, 0.6) is 0 Å². The van der Waals surface area contributed by atoms with E-state index in [4.69, 9.17) is 0 Å². The number of aliphatic hydroxyl groups excluding tert-OH is 1. The molecule has 1 heteroatoms. The third-order valence-electron chi connectivity index (χ3n) is 2.84. The lowest BCUT2D eigenvalue weighted by Gasteiger charge is -2.30.